The number of anilines is 1. The third-order valence-corrected chi connectivity index (χ3v) is 4.80. The molecule has 0 aliphatic rings. The molecule has 0 aliphatic carbocycles. The van der Waals surface area contributed by atoms with Gasteiger partial charge in [0.25, 0.3) is 0 Å². The van der Waals surface area contributed by atoms with Crippen LogP contribution in [0.5, 0.6) is 0 Å². The summed E-state index contributed by atoms with van der Waals surface area (Å²) in [5.41, 5.74) is 5.35. The van der Waals surface area contributed by atoms with Crippen molar-refractivity contribution in [3.8, 4) is 11.3 Å². The molecule has 0 radical (unpaired) electrons. The van der Waals surface area contributed by atoms with Crippen LogP contribution >= 0.6 is 0 Å². The normalized spacial score (nSPS) is 11.4. The number of nitrogens with one attached hydrogen (secondary N) is 1. The lowest BCUT2D eigenvalue weighted by molar-refractivity contribution is 1.27. The third-order valence-electron chi connectivity index (χ3n) is 4.80. The van der Waals surface area contributed by atoms with Gasteiger partial charge >= 0.3 is 0 Å². The molecule has 5 aromatic rings. The Morgan fingerprint density at radius 3 is 2.28 bits per heavy atom. The molecule has 0 amide bonds. The van der Waals surface area contributed by atoms with Crippen LogP contribution in [0.4, 0.5) is 5.69 Å². The molecule has 0 aliphatic heterocycles. The minimum Gasteiger partial charge on any atom is -0.388 e. The van der Waals surface area contributed by atoms with Gasteiger partial charge in [0.15, 0.2) is 0 Å². The maximum atomic E-state index is 4.99. The number of imidazole rings is 1. The second-order valence-electron chi connectivity index (χ2n) is 6.18. The molecule has 0 bridgehead atoms. The number of rotatable bonds is 2. The van der Waals surface area contributed by atoms with Crippen molar-refractivity contribution in [2.45, 2.75) is 0 Å². The maximum Gasteiger partial charge on any atom is 0.145 e. The number of fused-ring (bicyclic) bond motifs is 6. The summed E-state index contributed by atoms with van der Waals surface area (Å²) in [5.74, 6) is 0. The third kappa shape index (κ3) is 2.02. The molecule has 0 saturated heterocycles. The lowest BCUT2D eigenvalue weighted by atomic mass is 10.1. The molecule has 25 heavy (non-hydrogen) atoms. The Hall–Kier alpha value is -3.33. The molecule has 0 unspecified atom stereocenters. The summed E-state index contributed by atoms with van der Waals surface area (Å²) in [6, 6.07) is 25.3. The van der Waals surface area contributed by atoms with Gasteiger partial charge in [-0.1, -0.05) is 60.7 Å². The number of benzene rings is 3. The minimum absolute atomic E-state index is 0.978. The van der Waals surface area contributed by atoms with Crippen LogP contribution in [0.2, 0.25) is 0 Å². The van der Waals surface area contributed by atoms with Crippen LogP contribution in [0, 0.1) is 0 Å². The highest BCUT2D eigenvalue weighted by molar-refractivity contribution is 6.12. The quantitative estimate of drug-likeness (QED) is 0.444. The molecule has 0 atom stereocenters. The molecule has 0 saturated carbocycles. The van der Waals surface area contributed by atoms with Gasteiger partial charge in [0, 0.05) is 35.3 Å². The second kappa shape index (κ2) is 5.35. The fourth-order valence-corrected chi connectivity index (χ4v) is 3.63. The highest BCUT2D eigenvalue weighted by atomic mass is 15.0. The first-order chi connectivity index (χ1) is 12.4. The maximum absolute atomic E-state index is 4.99. The highest BCUT2D eigenvalue weighted by Gasteiger charge is 2.13. The molecule has 3 heteroatoms. The minimum atomic E-state index is 0.978. The van der Waals surface area contributed by atoms with Gasteiger partial charge in [-0.2, -0.15) is 0 Å². The van der Waals surface area contributed by atoms with E-state index < -0.39 is 0 Å². The van der Waals surface area contributed by atoms with E-state index in [1.54, 1.807) is 0 Å². The van der Waals surface area contributed by atoms with Crippen molar-refractivity contribution >= 4 is 33.0 Å². The summed E-state index contributed by atoms with van der Waals surface area (Å²) in [4.78, 5) is 4.99. The summed E-state index contributed by atoms with van der Waals surface area (Å²) in [7, 11) is 1.94. The predicted molar refractivity (Wildman–Crippen MR) is 105 cm³/mol. The number of nitrogens with zero attached hydrogens (tertiary/aromatic N) is 2. The molecule has 2 aromatic heterocycles. The Kier molecular flexibility index (Phi) is 3.01. The van der Waals surface area contributed by atoms with E-state index in [9.17, 15) is 0 Å². The number of pyridine rings is 1. The molecule has 5 rings (SSSR count). The van der Waals surface area contributed by atoms with Gasteiger partial charge in [0.1, 0.15) is 5.65 Å². The Labute approximate surface area is 145 Å². The Morgan fingerprint density at radius 2 is 1.44 bits per heavy atom. The van der Waals surface area contributed by atoms with Crippen LogP contribution in [-0.4, -0.2) is 16.4 Å². The highest BCUT2D eigenvalue weighted by Crippen LogP contribution is 2.33. The average molecular weight is 323 g/mol. The molecule has 0 fully saturated rings. The molecule has 0 spiro atoms. The van der Waals surface area contributed by atoms with Gasteiger partial charge in [0.05, 0.1) is 11.2 Å². The van der Waals surface area contributed by atoms with Crippen molar-refractivity contribution in [1.82, 2.24) is 9.38 Å². The number of para-hydroxylation sites is 2. The van der Waals surface area contributed by atoms with Gasteiger partial charge in [-0.05, 0) is 17.5 Å². The van der Waals surface area contributed by atoms with Crippen LogP contribution in [0.1, 0.15) is 0 Å². The SMILES string of the molecule is CNc1ccccc1-c1cn2c3ccccc3c3ccccc3c2n1. The van der Waals surface area contributed by atoms with Crippen molar-refractivity contribution in [1.29, 1.82) is 0 Å². The van der Waals surface area contributed by atoms with E-state index in [0.717, 1.165) is 22.6 Å². The van der Waals surface area contributed by atoms with E-state index >= 15 is 0 Å². The number of hydrogen-bond donors (Lipinski definition) is 1. The first-order valence-corrected chi connectivity index (χ1v) is 8.42. The van der Waals surface area contributed by atoms with E-state index in [1.165, 1.54) is 21.7 Å². The van der Waals surface area contributed by atoms with Crippen LogP contribution in [0.25, 0.3) is 38.6 Å². The van der Waals surface area contributed by atoms with E-state index in [4.69, 9.17) is 4.98 Å². The standard InChI is InChI=1S/C22H17N3/c1-23-19-12-6-4-11-18(19)20-14-25-21-13-7-5-9-16(21)15-8-2-3-10-17(15)22(25)24-20/h2-14,23H,1H3. The van der Waals surface area contributed by atoms with Crippen LogP contribution in [0.15, 0.2) is 79.0 Å². The monoisotopic (exact) mass is 323 g/mol. The summed E-state index contributed by atoms with van der Waals surface area (Å²) >= 11 is 0. The molecule has 120 valence electrons. The van der Waals surface area contributed by atoms with Gasteiger partial charge in [-0.3, -0.25) is 4.40 Å². The summed E-state index contributed by atoms with van der Waals surface area (Å²) in [6.07, 6.45) is 2.14. The van der Waals surface area contributed by atoms with E-state index in [1.807, 2.05) is 13.1 Å². The van der Waals surface area contributed by atoms with Gasteiger partial charge in [-0.15, -0.1) is 0 Å². The first kappa shape index (κ1) is 14.1. The lowest BCUT2D eigenvalue weighted by Crippen LogP contribution is -1.91. The molecular weight excluding hydrogens is 306 g/mol. The van der Waals surface area contributed by atoms with Gasteiger partial charge in [0.2, 0.25) is 0 Å². The van der Waals surface area contributed by atoms with Crippen molar-refractivity contribution in [3.05, 3.63) is 79.0 Å². The van der Waals surface area contributed by atoms with Crippen LogP contribution < -0.4 is 5.32 Å². The lowest BCUT2D eigenvalue weighted by Gasteiger charge is -2.07. The summed E-state index contributed by atoms with van der Waals surface area (Å²) < 4.78 is 2.21. The van der Waals surface area contributed by atoms with Crippen molar-refractivity contribution in [3.63, 3.8) is 0 Å². The van der Waals surface area contributed by atoms with Crippen LogP contribution in [-0.2, 0) is 0 Å². The number of hydrogen-bond acceptors (Lipinski definition) is 2. The van der Waals surface area contributed by atoms with Crippen molar-refractivity contribution in [2.75, 3.05) is 12.4 Å². The number of aromatic nitrogens is 2. The molecule has 2 heterocycles. The molecule has 3 nitrogen and oxygen atoms in total. The van der Waals surface area contributed by atoms with Crippen LogP contribution in [0.3, 0.4) is 0 Å². The fraction of sp³-hybridized carbons (Fsp3) is 0.0455. The molecule has 1 N–H and O–H groups in total. The zero-order valence-corrected chi connectivity index (χ0v) is 13.9. The first-order valence-electron chi connectivity index (χ1n) is 8.42. The Bertz CT molecular complexity index is 1160. The zero-order valence-electron chi connectivity index (χ0n) is 13.9. The van der Waals surface area contributed by atoms with Crippen molar-refractivity contribution in [2.24, 2.45) is 0 Å². The summed E-state index contributed by atoms with van der Waals surface area (Å²) in [5, 5.41) is 6.93. The Balaban J connectivity index is 1.94. The Morgan fingerprint density at radius 1 is 0.760 bits per heavy atom. The second-order valence-corrected chi connectivity index (χ2v) is 6.18. The van der Waals surface area contributed by atoms with Crippen molar-refractivity contribution < 1.29 is 0 Å². The van der Waals surface area contributed by atoms with E-state index in [2.05, 4.69) is 82.6 Å². The fourth-order valence-electron chi connectivity index (χ4n) is 3.63. The smallest absolute Gasteiger partial charge is 0.145 e. The topological polar surface area (TPSA) is 29.3 Å². The van der Waals surface area contributed by atoms with E-state index in [-0.39, 0.29) is 0 Å². The van der Waals surface area contributed by atoms with Gasteiger partial charge in [-0.25, -0.2) is 4.98 Å². The summed E-state index contributed by atoms with van der Waals surface area (Å²) in [6.45, 7) is 0. The molecular formula is C22H17N3. The van der Waals surface area contributed by atoms with Gasteiger partial charge < -0.3 is 5.32 Å². The zero-order chi connectivity index (χ0) is 16.8. The van der Waals surface area contributed by atoms with E-state index in [0.29, 0.717) is 0 Å². The predicted octanol–water partition coefficient (Wildman–Crippen LogP) is 5.35. The largest absolute Gasteiger partial charge is 0.388 e. The molecule has 3 aromatic carbocycles. The average Bonchev–Trinajstić information content (AvgIpc) is 3.14.